The normalized spacial score (nSPS) is 17.4. The maximum Gasteiger partial charge on any atom is 0.243 e. The molecule has 3 rings (SSSR count). The molecule has 6 nitrogen and oxygen atoms in total. The Labute approximate surface area is 156 Å². The lowest BCUT2D eigenvalue weighted by Gasteiger charge is -2.26. The van der Waals surface area contributed by atoms with Crippen molar-refractivity contribution in [2.24, 2.45) is 0 Å². The Morgan fingerprint density at radius 1 is 1.20 bits per heavy atom. The summed E-state index contributed by atoms with van der Waals surface area (Å²) in [6.45, 7) is 11.7. The summed E-state index contributed by atoms with van der Waals surface area (Å²) in [7, 11) is 0. The quantitative estimate of drug-likeness (QED) is 0.885. The van der Waals surface area contributed by atoms with E-state index in [1.807, 2.05) is 27.7 Å². The lowest BCUT2D eigenvalue weighted by atomic mass is 10.2. The van der Waals surface area contributed by atoms with E-state index >= 15 is 0 Å². The van der Waals surface area contributed by atoms with Crippen molar-refractivity contribution >= 4 is 38.8 Å². The minimum Gasteiger partial charge on any atom is -0.347 e. The highest BCUT2D eigenvalue weighted by Gasteiger charge is 2.25. The smallest absolute Gasteiger partial charge is 0.243 e. The molecule has 1 aliphatic heterocycles. The van der Waals surface area contributed by atoms with E-state index in [1.165, 1.54) is 11.3 Å². The Bertz CT molecular complexity index is 722. The predicted octanol–water partition coefficient (Wildman–Crippen LogP) is 3.06. The molecule has 0 spiro atoms. The van der Waals surface area contributed by atoms with Gasteiger partial charge in [0.15, 0.2) is 10.3 Å². The number of carbonyl (C=O) groups is 1. The number of nitrogens with one attached hydrogen (secondary N) is 1. The van der Waals surface area contributed by atoms with E-state index in [0.717, 1.165) is 54.0 Å². The van der Waals surface area contributed by atoms with Gasteiger partial charge in [0.2, 0.25) is 5.91 Å². The van der Waals surface area contributed by atoms with Gasteiger partial charge < -0.3 is 10.2 Å². The second-order valence-corrected chi connectivity index (χ2v) is 8.51. The second-order valence-electron chi connectivity index (χ2n) is 6.47. The van der Waals surface area contributed by atoms with Crippen LogP contribution in [0.3, 0.4) is 0 Å². The second kappa shape index (κ2) is 7.80. The fraction of sp³-hybridized carbons (Fsp3) is 0.588. The average Bonchev–Trinajstić information content (AvgIpc) is 3.03. The third-order valence-corrected chi connectivity index (χ3v) is 6.60. The number of carbonyl (C=O) groups excluding carboxylic acids is 1. The molecule has 1 N–H and O–H groups in total. The van der Waals surface area contributed by atoms with Crippen molar-refractivity contribution in [3.63, 3.8) is 0 Å². The summed E-state index contributed by atoms with van der Waals surface area (Å²) >= 11 is 3.23. The Balaban J connectivity index is 1.58. The third kappa shape index (κ3) is 4.37. The molecular formula is C17H25N5OS2. The Kier molecular flexibility index (Phi) is 5.71. The van der Waals surface area contributed by atoms with E-state index < -0.39 is 0 Å². The van der Waals surface area contributed by atoms with E-state index in [1.54, 1.807) is 11.3 Å². The molecule has 136 valence electrons. The molecule has 0 aliphatic carbocycles. The number of anilines is 2. The van der Waals surface area contributed by atoms with E-state index in [2.05, 4.69) is 30.5 Å². The summed E-state index contributed by atoms with van der Waals surface area (Å²) in [6.07, 6.45) is 1.03. The number of aryl methyl sites for hydroxylation is 3. The van der Waals surface area contributed by atoms with Crippen molar-refractivity contribution < 1.29 is 4.79 Å². The summed E-state index contributed by atoms with van der Waals surface area (Å²) in [5, 5.41) is 6.84. The van der Waals surface area contributed by atoms with Crippen LogP contribution in [0.5, 0.6) is 0 Å². The van der Waals surface area contributed by atoms with Gasteiger partial charge in [-0.05, 0) is 34.1 Å². The van der Waals surface area contributed by atoms with Crippen molar-refractivity contribution in [2.75, 3.05) is 36.4 Å². The molecule has 1 unspecified atom stereocenters. The van der Waals surface area contributed by atoms with E-state index in [4.69, 9.17) is 0 Å². The summed E-state index contributed by atoms with van der Waals surface area (Å²) in [5.74, 6) is 0.0206. The number of amides is 1. The first kappa shape index (κ1) is 18.3. The fourth-order valence-electron chi connectivity index (χ4n) is 2.90. The summed E-state index contributed by atoms with van der Waals surface area (Å²) < 4.78 is 0. The fourth-order valence-corrected chi connectivity index (χ4v) is 4.58. The van der Waals surface area contributed by atoms with Crippen LogP contribution in [0.4, 0.5) is 10.3 Å². The van der Waals surface area contributed by atoms with Crippen LogP contribution >= 0.6 is 22.7 Å². The Morgan fingerprint density at radius 2 is 2.00 bits per heavy atom. The predicted molar refractivity (Wildman–Crippen MR) is 105 cm³/mol. The van der Waals surface area contributed by atoms with Crippen molar-refractivity contribution in [2.45, 2.75) is 40.2 Å². The summed E-state index contributed by atoms with van der Waals surface area (Å²) in [6, 6.07) is -0.164. The molecule has 1 aliphatic rings. The Morgan fingerprint density at radius 3 is 2.64 bits per heavy atom. The third-order valence-electron chi connectivity index (χ3n) is 4.59. The first-order valence-corrected chi connectivity index (χ1v) is 10.3. The van der Waals surface area contributed by atoms with Crippen molar-refractivity contribution in [3.8, 4) is 0 Å². The molecule has 25 heavy (non-hydrogen) atoms. The zero-order valence-electron chi connectivity index (χ0n) is 15.2. The van der Waals surface area contributed by atoms with Gasteiger partial charge in [0.05, 0.1) is 17.4 Å². The van der Waals surface area contributed by atoms with Gasteiger partial charge in [-0.15, -0.1) is 22.7 Å². The first-order valence-electron chi connectivity index (χ1n) is 8.60. The number of hydrogen-bond acceptors (Lipinski definition) is 7. The van der Waals surface area contributed by atoms with Gasteiger partial charge in [-0.3, -0.25) is 9.69 Å². The molecule has 0 aromatic carbocycles. The monoisotopic (exact) mass is 379 g/mol. The molecular weight excluding hydrogens is 354 g/mol. The van der Waals surface area contributed by atoms with Crippen LogP contribution in [-0.2, 0) is 4.79 Å². The van der Waals surface area contributed by atoms with Gasteiger partial charge in [0.25, 0.3) is 0 Å². The molecule has 3 heterocycles. The van der Waals surface area contributed by atoms with Crippen LogP contribution in [0.15, 0.2) is 5.38 Å². The van der Waals surface area contributed by atoms with Crippen LogP contribution in [0, 0.1) is 20.8 Å². The topological polar surface area (TPSA) is 61.4 Å². The van der Waals surface area contributed by atoms with Crippen molar-refractivity contribution in [1.29, 1.82) is 0 Å². The summed E-state index contributed by atoms with van der Waals surface area (Å²) in [5.41, 5.74) is 2.06. The van der Waals surface area contributed by atoms with Crippen LogP contribution in [0.25, 0.3) is 0 Å². The number of aromatic nitrogens is 2. The SMILES string of the molecule is Cc1csc(N2CCCN(C(C)C(=O)Nc3nc(C)c(C)s3)CC2)n1. The lowest BCUT2D eigenvalue weighted by molar-refractivity contribution is -0.120. The molecule has 2 aromatic heterocycles. The maximum atomic E-state index is 12.6. The van der Waals surface area contributed by atoms with E-state index in [0.29, 0.717) is 5.13 Å². The molecule has 2 aromatic rings. The number of thiazole rings is 2. The highest BCUT2D eigenvalue weighted by Crippen LogP contribution is 2.23. The van der Waals surface area contributed by atoms with Gasteiger partial charge in [-0.1, -0.05) is 0 Å². The number of hydrogen-bond donors (Lipinski definition) is 1. The highest BCUT2D eigenvalue weighted by atomic mass is 32.1. The lowest BCUT2D eigenvalue weighted by Crippen LogP contribution is -2.43. The first-order chi connectivity index (χ1) is 11.9. The van der Waals surface area contributed by atoms with Crippen LogP contribution in [-0.4, -0.2) is 53.0 Å². The molecule has 1 fully saturated rings. The van der Waals surface area contributed by atoms with E-state index in [-0.39, 0.29) is 11.9 Å². The van der Waals surface area contributed by atoms with Crippen LogP contribution < -0.4 is 10.2 Å². The number of nitrogens with zero attached hydrogens (tertiary/aromatic N) is 4. The number of rotatable bonds is 4. The molecule has 1 amide bonds. The minimum atomic E-state index is -0.164. The van der Waals surface area contributed by atoms with Gasteiger partial charge in [0, 0.05) is 36.4 Å². The molecule has 8 heteroatoms. The van der Waals surface area contributed by atoms with Crippen LogP contribution in [0.2, 0.25) is 0 Å². The zero-order valence-corrected chi connectivity index (χ0v) is 16.8. The average molecular weight is 380 g/mol. The van der Waals surface area contributed by atoms with Gasteiger partial charge >= 0.3 is 0 Å². The maximum absolute atomic E-state index is 12.6. The van der Waals surface area contributed by atoms with Gasteiger partial charge in [-0.2, -0.15) is 0 Å². The molecule has 0 bridgehead atoms. The zero-order chi connectivity index (χ0) is 18.0. The highest BCUT2D eigenvalue weighted by molar-refractivity contribution is 7.15. The van der Waals surface area contributed by atoms with Gasteiger partial charge in [0.1, 0.15) is 0 Å². The minimum absolute atomic E-state index is 0.0206. The molecule has 0 radical (unpaired) electrons. The van der Waals surface area contributed by atoms with E-state index in [9.17, 15) is 4.79 Å². The molecule has 1 saturated heterocycles. The Hall–Kier alpha value is -1.51. The summed E-state index contributed by atoms with van der Waals surface area (Å²) in [4.78, 5) is 27.3. The van der Waals surface area contributed by atoms with Crippen LogP contribution in [0.1, 0.15) is 29.6 Å². The largest absolute Gasteiger partial charge is 0.347 e. The van der Waals surface area contributed by atoms with Crippen molar-refractivity contribution in [1.82, 2.24) is 14.9 Å². The van der Waals surface area contributed by atoms with Gasteiger partial charge in [-0.25, -0.2) is 9.97 Å². The molecule has 1 atom stereocenters. The molecule has 0 saturated carbocycles. The standard InChI is InChI=1S/C17H25N5OS2/c1-11-10-24-17(18-11)22-7-5-6-21(8-9-22)13(3)15(23)20-16-19-12(2)14(4)25-16/h10,13H,5-9H2,1-4H3,(H,19,20,23). The van der Waals surface area contributed by atoms with Crippen molar-refractivity contribution in [3.05, 3.63) is 21.6 Å².